The second-order valence-corrected chi connectivity index (χ2v) is 7.69. The number of aliphatic hydroxyl groups is 1. The maximum Gasteiger partial charge on any atom is 0.241 e. The molecule has 0 bridgehead atoms. The van der Waals surface area contributed by atoms with Gasteiger partial charge in [-0.1, -0.05) is 13.8 Å². The Morgan fingerprint density at radius 1 is 1.64 bits per heavy atom. The van der Waals surface area contributed by atoms with Crippen molar-refractivity contribution in [1.82, 2.24) is 5.32 Å². The summed E-state index contributed by atoms with van der Waals surface area (Å²) in [6, 6.07) is 1.86. The summed E-state index contributed by atoms with van der Waals surface area (Å²) < 4.78 is 5.81. The van der Waals surface area contributed by atoms with Crippen LogP contribution in [0.5, 0.6) is 0 Å². The molecule has 2 fully saturated rings. The van der Waals surface area contributed by atoms with Crippen LogP contribution in [-0.4, -0.2) is 35.8 Å². The lowest BCUT2D eigenvalue weighted by atomic mass is 9.46. The monoisotopic (exact) mass is 324 g/mol. The Hall–Kier alpha value is -0.950. The third-order valence-electron chi connectivity index (χ3n) is 5.44. The van der Waals surface area contributed by atoms with Crippen LogP contribution in [-0.2, 0) is 9.53 Å². The average molecular weight is 324 g/mol. The van der Waals surface area contributed by atoms with Gasteiger partial charge >= 0.3 is 0 Å². The van der Waals surface area contributed by atoms with E-state index in [0.29, 0.717) is 0 Å². The second kappa shape index (κ2) is 5.60. The number of amides is 1. The minimum atomic E-state index is -0.924. The highest BCUT2D eigenvalue weighted by molar-refractivity contribution is 7.07. The van der Waals surface area contributed by atoms with E-state index in [2.05, 4.69) is 5.32 Å². The van der Waals surface area contributed by atoms with Crippen LogP contribution in [0.25, 0.3) is 0 Å². The van der Waals surface area contributed by atoms with Gasteiger partial charge in [0.25, 0.3) is 0 Å². The number of thiophene rings is 1. The molecule has 122 valence electrons. The molecule has 1 amide bonds. The van der Waals surface area contributed by atoms with Crippen molar-refractivity contribution in [1.29, 1.82) is 0 Å². The van der Waals surface area contributed by atoms with Gasteiger partial charge in [-0.25, -0.2) is 0 Å². The van der Waals surface area contributed by atoms with Gasteiger partial charge in [-0.15, -0.1) is 0 Å². The smallest absolute Gasteiger partial charge is 0.241 e. The van der Waals surface area contributed by atoms with Crippen LogP contribution in [0.4, 0.5) is 0 Å². The number of hydrogen-bond acceptors (Lipinski definition) is 5. The molecule has 1 aliphatic heterocycles. The molecule has 4 N–H and O–H groups in total. The number of aliphatic hydroxyl groups excluding tert-OH is 1. The molecule has 2 aliphatic rings. The molecule has 22 heavy (non-hydrogen) atoms. The van der Waals surface area contributed by atoms with Gasteiger partial charge in [-0.05, 0) is 35.2 Å². The number of hydrogen-bond donors (Lipinski definition) is 3. The van der Waals surface area contributed by atoms with Crippen LogP contribution in [0.2, 0.25) is 0 Å². The van der Waals surface area contributed by atoms with Crippen molar-refractivity contribution in [3.8, 4) is 0 Å². The number of carbonyl (C=O) groups excluding carboxylic acids is 1. The predicted octanol–water partition coefficient (Wildman–Crippen LogP) is 1.43. The molecular formula is C16H24N2O3S. The van der Waals surface area contributed by atoms with Crippen LogP contribution >= 0.6 is 11.3 Å². The molecule has 5 nitrogen and oxygen atoms in total. The standard InChI is InChI=1S/C16H24N2O3S/c1-15(2)13-11(4-3-6-21-13)16(15,17)14(20)18-8-12(19)10-5-7-22-9-10/h5,7,9,11-13,19H,3-4,6,8,17H2,1-2H3,(H,18,20). The minimum absolute atomic E-state index is 0.0544. The van der Waals surface area contributed by atoms with Gasteiger partial charge in [0.15, 0.2) is 0 Å². The summed E-state index contributed by atoms with van der Waals surface area (Å²) >= 11 is 1.52. The molecule has 1 aromatic heterocycles. The van der Waals surface area contributed by atoms with E-state index in [1.54, 1.807) is 0 Å². The zero-order chi connectivity index (χ0) is 16.0. The van der Waals surface area contributed by atoms with E-state index in [1.807, 2.05) is 30.7 Å². The molecule has 0 spiro atoms. The topological polar surface area (TPSA) is 84.6 Å². The summed E-state index contributed by atoms with van der Waals surface area (Å²) in [6.07, 6.45) is 1.23. The Balaban J connectivity index is 1.66. The highest BCUT2D eigenvalue weighted by atomic mass is 32.1. The van der Waals surface area contributed by atoms with Crippen molar-refractivity contribution in [3.05, 3.63) is 22.4 Å². The molecule has 1 aromatic rings. The van der Waals surface area contributed by atoms with Gasteiger partial charge in [0.2, 0.25) is 5.91 Å². The lowest BCUT2D eigenvalue weighted by molar-refractivity contribution is -0.225. The third-order valence-corrected chi connectivity index (χ3v) is 6.15. The lowest BCUT2D eigenvalue weighted by Gasteiger charge is -2.65. The number of nitrogens with two attached hydrogens (primary N) is 1. The number of carbonyl (C=O) groups is 1. The summed E-state index contributed by atoms with van der Waals surface area (Å²) in [5.41, 5.74) is 6.02. The summed E-state index contributed by atoms with van der Waals surface area (Å²) in [5.74, 6) is -0.118. The quantitative estimate of drug-likeness (QED) is 0.782. The van der Waals surface area contributed by atoms with E-state index < -0.39 is 17.1 Å². The van der Waals surface area contributed by atoms with Crippen LogP contribution in [0.15, 0.2) is 16.8 Å². The largest absolute Gasteiger partial charge is 0.387 e. The van der Waals surface area contributed by atoms with E-state index in [-0.39, 0.29) is 24.5 Å². The first-order chi connectivity index (χ1) is 10.4. The SMILES string of the molecule is CC1(C)C2OCCCC2C1(N)C(=O)NCC(O)c1ccsc1. The molecule has 0 aromatic carbocycles. The molecule has 4 unspecified atom stereocenters. The fourth-order valence-electron chi connectivity index (χ4n) is 3.95. The Kier molecular flexibility index (Phi) is 4.05. The Morgan fingerprint density at radius 2 is 2.41 bits per heavy atom. The Morgan fingerprint density at radius 3 is 3.09 bits per heavy atom. The fourth-order valence-corrected chi connectivity index (χ4v) is 4.66. The average Bonchev–Trinajstić information content (AvgIpc) is 3.05. The van der Waals surface area contributed by atoms with Crippen molar-refractivity contribution in [2.24, 2.45) is 17.1 Å². The van der Waals surface area contributed by atoms with E-state index in [1.165, 1.54) is 11.3 Å². The van der Waals surface area contributed by atoms with Gasteiger partial charge < -0.3 is 20.9 Å². The summed E-state index contributed by atoms with van der Waals surface area (Å²) in [7, 11) is 0. The van der Waals surface area contributed by atoms with Crippen LogP contribution in [0, 0.1) is 11.3 Å². The van der Waals surface area contributed by atoms with Gasteiger partial charge in [-0.2, -0.15) is 11.3 Å². The molecular weight excluding hydrogens is 300 g/mol. The first kappa shape index (κ1) is 15.9. The zero-order valence-electron chi connectivity index (χ0n) is 13.0. The van der Waals surface area contributed by atoms with E-state index in [0.717, 1.165) is 25.0 Å². The minimum Gasteiger partial charge on any atom is -0.387 e. The highest BCUT2D eigenvalue weighted by Crippen LogP contribution is 2.57. The van der Waals surface area contributed by atoms with E-state index in [9.17, 15) is 9.90 Å². The Labute approximate surface area is 134 Å². The van der Waals surface area contributed by atoms with Gasteiger partial charge in [-0.3, -0.25) is 4.79 Å². The van der Waals surface area contributed by atoms with Crippen molar-refractivity contribution < 1.29 is 14.6 Å². The van der Waals surface area contributed by atoms with Gasteiger partial charge in [0.1, 0.15) is 5.54 Å². The van der Waals surface area contributed by atoms with Gasteiger partial charge in [0, 0.05) is 24.5 Å². The molecule has 6 heteroatoms. The molecule has 3 rings (SSSR count). The number of fused-ring (bicyclic) bond motifs is 1. The third kappa shape index (κ3) is 2.21. The summed E-state index contributed by atoms with van der Waals surface area (Å²) in [5, 5.41) is 16.7. The first-order valence-corrected chi connectivity index (χ1v) is 8.72. The number of rotatable bonds is 4. The number of nitrogens with one attached hydrogen (secondary N) is 1. The molecule has 2 heterocycles. The predicted molar refractivity (Wildman–Crippen MR) is 85.5 cm³/mol. The van der Waals surface area contributed by atoms with Crippen molar-refractivity contribution in [2.45, 2.75) is 44.4 Å². The normalized spacial score (nSPS) is 34.4. The van der Waals surface area contributed by atoms with E-state index >= 15 is 0 Å². The van der Waals surface area contributed by atoms with Crippen molar-refractivity contribution in [3.63, 3.8) is 0 Å². The summed E-state index contributed by atoms with van der Waals surface area (Å²) in [4.78, 5) is 12.7. The maximum atomic E-state index is 12.7. The fraction of sp³-hybridized carbons (Fsp3) is 0.688. The van der Waals surface area contributed by atoms with Crippen molar-refractivity contribution in [2.75, 3.05) is 13.2 Å². The zero-order valence-corrected chi connectivity index (χ0v) is 13.9. The van der Waals surface area contributed by atoms with Crippen LogP contribution < -0.4 is 11.1 Å². The van der Waals surface area contributed by atoms with E-state index in [4.69, 9.17) is 10.5 Å². The lowest BCUT2D eigenvalue weighted by Crippen LogP contribution is -2.82. The van der Waals surface area contributed by atoms with Crippen molar-refractivity contribution >= 4 is 17.2 Å². The van der Waals surface area contributed by atoms with Crippen LogP contribution in [0.1, 0.15) is 38.4 Å². The number of ether oxygens (including phenoxy) is 1. The molecule has 0 radical (unpaired) electrons. The highest BCUT2D eigenvalue weighted by Gasteiger charge is 2.70. The molecule has 1 saturated heterocycles. The summed E-state index contributed by atoms with van der Waals surface area (Å²) in [6.45, 7) is 4.92. The van der Waals surface area contributed by atoms with Crippen LogP contribution in [0.3, 0.4) is 0 Å². The molecule has 4 atom stereocenters. The molecule has 1 aliphatic carbocycles. The van der Waals surface area contributed by atoms with Gasteiger partial charge in [0.05, 0.1) is 12.2 Å². The molecule has 1 saturated carbocycles. The first-order valence-electron chi connectivity index (χ1n) is 7.78. The second-order valence-electron chi connectivity index (χ2n) is 6.91. The Bertz CT molecular complexity index is 546. The maximum absolute atomic E-state index is 12.7.